The average Bonchev–Trinajstić information content (AvgIpc) is 3.25. The van der Waals surface area contributed by atoms with E-state index in [0.29, 0.717) is 23.6 Å². The number of hydrogen-bond donors (Lipinski definition) is 1. The molecule has 0 aliphatic carbocycles. The van der Waals surface area contributed by atoms with E-state index in [2.05, 4.69) is 5.32 Å². The Bertz CT molecular complexity index is 720. The first-order chi connectivity index (χ1) is 11.7. The predicted octanol–water partition coefficient (Wildman–Crippen LogP) is 3.71. The molecule has 1 aromatic carbocycles. The second-order valence-electron chi connectivity index (χ2n) is 5.43. The molecule has 1 N–H and O–H groups in total. The summed E-state index contributed by atoms with van der Waals surface area (Å²) in [5, 5.41) is 5.21. The van der Waals surface area contributed by atoms with Crippen molar-refractivity contribution in [3.8, 4) is 11.1 Å². The molecule has 0 bridgehead atoms. The molecule has 1 saturated heterocycles. The highest BCUT2D eigenvalue weighted by Gasteiger charge is 2.27. The molecule has 6 heteroatoms. The van der Waals surface area contributed by atoms with Crippen LogP contribution in [-0.2, 0) is 14.3 Å². The van der Waals surface area contributed by atoms with Crippen molar-refractivity contribution in [2.24, 2.45) is 0 Å². The summed E-state index contributed by atoms with van der Waals surface area (Å²) in [5.74, 6) is -0.639. The fourth-order valence-corrected chi connectivity index (χ4v) is 3.62. The van der Waals surface area contributed by atoms with Crippen molar-refractivity contribution in [3.05, 3.63) is 41.3 Å². The van der Waals surface area contributed by atoms with Crippen molar-refractivity contribution < 1.29 is 19.1 Å². The minimum Gasteiger partial charge on any atom is -0.462 e. The van der Waals surface area contributed by atoms with E-state index in [1.54, 1.807) is 6.92 Å². The maximum Gasteiger partial charge on any atom is 0.341 e. The third kappa shape index (κ3) is 3.49. The molecule has 1 aromatic heterocycles. The Labute approximate surface area is 144 Å². The molecular formula is C18H19NO4S. The number of carbonyl (C=O) groups is 2. The molecule has 24 heavy (non-hydrogen) atoms. The van der Waals surface area contributed by atoms with Crippen LogP contribution in [0.1, 0.15) is 30.1 Å². The highest BCUT2D eigenvalue weighted by molar-refractivity contribution is 7.15. The van der Waals surface area contributed by atoms with Gasteiger partial charge in [0.2, 0.25) is 0 Å². The van der Waals surface area contributed by atoms with E-state index in [-0.39, 0.29) is 12.5 Å². The summed E-state index contributed by atoms with van der Waals surface area (Å²) in [4.78, 5) is 24.7. The van der Waals surface area contributed by atoms with Gasteiger partial charge in [-0.3, -0.25) is 4.79 Å². The van der Waals surface area contributed by atoms with Gasteiger partial charge in [-0.05, 0) is 25.3 Å². The standard InChI is InChI=1S/C18H19NO4S/c1-2-22-18(21)15-13(12-7-4-3-5-8-12)11-24-17(15)19-16(20)14-9-6-10-23-14/h3-5,7-8,11,14H,2,6,9-10H2,1H3,(H,19,20)/t14-/m1/s1. The molecule has 0 unspecified atom stereocenters. The largest absolute Gasteiger partial charge is 0.462 e. The van der Waals surface area contributed by atoms with Crippen molar-refractivity contribution in [2.75, 3.05) is 18.5 Å². The predicted molar refractivity (Wildman–Crippen MR) is 93.3 cm³/mol. The van der Waals surface area contributed by atoms with Crippen LogP contribution in [0.15, 0.2) is 35.7 Å². The van der Waals surface area contributed by atoms with Crippen LogP contribution in [0.5, 0.6) is 0 Å². The van der Waals surface area contributed by atoms with Gasteiger partial charge in [0.15, 0.2) is 0 Å². The number of esters is 1. The molecule has 0 saturated carbocycles. The van der Waals surface area contributed by atoms with E-state index in [1.165, 1.54) is 11.3 Å². The fourth-order valence-electron chi connectivity index (χ4n) is 2.66. The van der Waals surface area contributed by atoms with E-state index in [1.807, 2.05) is 35.7 Å². The van der Waals surface area contributed by atoms with Crippen LogP contribution in [0.25, 0.3) is 11.1 Å². The molecule has 1 aliphatic heterocycles. The summed E-state index contributed by atoms with van der Waals surface area (Å²) < 4.78 is 10.6. The van der Waals surface area contributed by atoms with E-state index in [4.69, 9.17) is 9.47 Å². The van der Waals surface area contributed by atoms with Crippen LogP contribution < -0.4 is 5.32 Å². The van der Waals surface area contributed by atoms with Crippen LogP contribution >= 0.6 is 11.3 Å². The van der Waals surface area contributed by atoms with Gasteiger partial charge < -0.3 is 14.8 Å². The molecule has 2 aromatic rings. The Hall–Kier alpha value is -2.18. The molecule has 1 amide bonds. The van der Waals surface area contributed by atoms with Gasteiger partial charge in [-0.1, -0.05) is 30.3 Å². The number of anilines is 1. The van der Waals surface area contributed by atoms with Crippen LogP contribution in [0.2, 0.25) is 0 Å². The Balaban J connectivity index is 1.92. The van der Waals surface area contributed by atoms with Crippen molar-refractivity contribution in [3.63, 3.8) is 0 Å². The summed E-state index contributed by atoms with van der Waals surface area (Å²) in [7, 11) is 0. The third-order valence-electron chi connectivity index (χ3n) is 3.81. The molecule has 1 atom stereocenters. The second kappa shape index (κ2) is 7.59. The first-order valence-electron chi connectivity index (χ1n) is 7.97. The van der Waals surface area contributed by atoms with Crippen molar-refractivity contribution >= 4 is 28.2 Å². The van der Waals surface area contributed by atoms with E-state index < -0.39 is 12.1 Å². The first-order valence-corrected chi connectivity index (χ1v) is 8.85. The lowest BCUT2D eigenvalue weighted by molar-refractivity contribution is -0.124. The Morgan fingerprint density at radius 1 is 1.33 bits per heavy atom. The lowest BCUT2D eigenvalue weighted by atomic mass is 10.0. The zero-order valence-electron chi connectivity index (χ0n) is 13.4. The van der Waals surface area contributed by atoms with E-state index in [0.717, 1.165) is 17.5 Å². The topological polar surface area (TPSA) is 64.6 Å². The molecule has 2 heterocycles. The maximum atomic E-state index is 12.4. The molecule has 0 spiro atoms. The van der Waals surface area contributed by atoms with Crippen LogP contribution in [0.3, 0.4) is 0 Å². The Morgan fingerprint density at radius 3 is 2.79 bits per heavy atom. The van der Waals surface area contributed by atoms with Crippen molar-refractivity contribution in [2.45, 2.75) is 25.9 Å². The number of ether oxygens (including phenoxy) is 2. The number of amides is 1. The van der Waals surface area contributed by atoms with Crippen LogP contribution in [0, 0.1) is 0 Å². The maximum absolute atomic E-state index is 12.4. The number of benzene rings is 1. The molecule has 0 radical (unpaired) electrons. The smallest absolute Gasteiger partial charge is 0.341 e. The monoisotopic (exact) mass is 345 g/mol. The lowest BCUT2D eigenvalue weighted by Crippen LogP contribution is -2.27. The summed E-state index contributed by atoms with van der Waals surface area (Å²) in [6, 6.07) is 9.59. The highest BCUT2D eigenvalue weighted by Crippen LogP contribution is 2.36. The number of hydrogen-bond acceptors (Lipinski definition) is 5. The second-order valence-corrected chi connectivity index (χ2v) is 6.31. The normalized spacial score (nSPS) is 16.8. The van der Waals surface area contributed by atoms with Gasteiger partial charge in [0.1, 0.15) is 16.7 Å². The van der Waals surface area contributed by atoms with E-state index >= 15 is 0 Å². The average molecular weight is 345 g/mol. The van der Waals surface area contributed by atoms with Gasteiger partial charge >= 0.3 is 5.97 Å². The van der Waals surface area contributed by atoms with Gasteiger partial charge in [0.05, 0.1) is 6.61 Å². The molecule has 126 valence electrons. The van der Waals surface area contributed by atoms with Crippen LogP contribution in [0.4, 0.5) is 5.00 Å². The van der Waals surface area contributed by atoms with Crippen molar-refractivity contribution in [1.82, 2.24) is 0 Å². The number of rotatable bonds is 5. The summed E-state index contributed by atoms with van der Waals surface area (Å²) in [6.45, 7) is 2.64. The summed E-state index contributed by atoms with van der Waals surface area (Å²) >= 11 is 1.32. The molecule has 3 rings (SSSR count). The lowest BCUT2D eigenvalue weighted by Gasteiger charge is -2.11. The molecule has 1 fully saturated rings. The number of thiophene rings is 1. The number of carbonyl (C=O) groups excluding carboxylic acids is 2. The van der Waals surface area contributed by atoms with Gasteiger partial charge in [-0.15, -0.1) is 11.3 Å². The van der Waals surface area contributed by atoms with Gasteiger partial charge in [0, 0.05) is 17.6 Å². The molecule has 5 nitrogen and oxygen atoms in total. The third-order valence-corrected chi connectivity index (χ3v) is 4.71. The van der Waals surface area contributed by atoms with E-state index in [9.17, 15) is 9.59 Å². The SMILES string of the molecule is CCOC(=O)c1c(-c2ccccc2)csc1NC(=O)[C@H]1CCCO1. The summed E-state index contributed by atoms with van der Waals surface area (Å²) in [5.41, 5.74) is 2.08. The molecule has 1 aliphatic rings. The first kappa shape index (κ1) is 16.7. The number of nitrogens with one attached hydrogen (secondary N) is 1. The quantitative estimate of drug-likeness (QED) is 0.839. The minimum absolute atomic E-state index is 0.209. The Morgan fingerprint density at radius 2 is 2.12 bits per heavy atom. The Kier molecular flexibility index (Phi) is 5.27. The minimum atomic E-state index is -0.442. The van der Waals surface area contributed by atoms with Gasteiger partial charge in [-0.2, -0.15) is 0 Å². The van der Waals surface area contributed by atoms with Crippen molar-refractivity contribution in [1.29, 1.82) is 0 Å². The highest BCUT2D eigenvalue weighted by atomic mass is 32.1. The van der Waals surface area contributed by atoms with Gasteiger partial charge in [0.25, 0.3) is 5.91 Å². The van der Waals surface area contributed by atoms with Gasteiger partial charge in [-0.25, -0.2) is 4.79 Å². The zero-order valence-corrected chi connectivity index (χ0v) is 14.2. The molecular weight excluding hydrogens is 326 g/mol. The zero-order chi connectivity index (χ0) is 16.9. The summed E-state index contributed by atoms with van der Waals surface area (Å²) in [6.07, 6.45) is 1.14. The fraction of sp³-hybridized carbons (Fsp3) is 0.333. The van der Waals surface area contributed by atoms with Crippen LogP contribution in [-0.4, -0.2) is 31.2 Å².